The van der Waals surface area contributed by atoms with Crippen LogP contribution in [0.3, 0.4) is 0 Å². The summed E-state index contributed by atoms with van der Waals surface area (Å²) in [5, 5.41) is 1.35. The first-order valence-corrected chi connectivity index (χ1v) is 15.7. The molecule has 0 radical (unpaired) electrons. The van der Waals surface area contributed by atoms with Crippen molar-refractivity contribution in [3.05, 3.63) is 36.5 Å². The summed E-state index contributed by atoms with van der Waals surface area (Å²) in [6, 6.07) is 10.5. The summed E-state index contributed by atoms with van der Waals surface area (Å²) in [7, 11) is -2.77. The summed E-state index contributed by atoms with van der Waals surface area (Å²) in [5.74, 6) is 0. The van der Waals surface area contributed by atoms with Gasteiger partial charge in [0.1, 0.15) is 16.5 Å². The molecule has 0 aliphatic rings. The lowest BCUT2D eigenvalue weighted by atomic mass is 10.4. The highest BCUT2D eigenvalue weighted by atomic mass is 32.2. The number of thiazole rings is 1. The Hall–Kier alpha value is -0.566. The zero-order chi connectivity index (χ0) is 15.7. The van der Waals surface area contributed by atoms with E-state index in [0.29, 0.717) is 0 Å². The summed E-state index contributed by atoms with van der Waals surface area (Å²) < 4.78 is 3.87. The monoisotopic (exact) mass is 352 g/mol. The molecule has 1 heterocycles. The molecule has 1 aromatic carbocycles. The maximum atomic E-state index is 4.64. The lowest BCUT2D eigenvalue weighted by Gasteiger charge is -2.44. The van der Waals surface area contributed by atoms with Crippen LogP contribution in [0, 0.1) is 0 Å². The Morgan fingerprint density at radius 3 is 2.05 bits per heavy atom. The van der Waals surface area contributed by atoms with Gasteiger partial charge in [-0.1, -0.05) is 80.6 Å². The molecule has 1 aromatic heterocycles. The second-order valence-electron chi connectivity index (χ2n) is 7.06. The number of benzene rings is 1. The Balaban J connectivity index is 2.25. The van der Waals surface area contributed by atoms with Gasteiger partial charge in [0.2, 0.25) is 0 Å². The fourth-order valence-corrected chi connectivity index (χ4v) is 15.9. The summed E-state index contributed by atoms with van der Waals surface area (Å²) in [4.78, 5) is 5.90. The van der Waals surface area contributed by atoms with Gasteiger partial charge in [0.05, 0.1) is 11.2 Å². The summed E-state index contributed by atoms with van der Waals surface area (Å²) >= 11 is 3.60. The first-order valence-electron chi connectivity index (χ1n) is 7.17. The first kappa shape index (κ1) is 16.8. The number of nitrogens with zero attached hydrogens (tertiary/aromatic N) is 2. The van der Waals surface area contributed by atoms with E-state index in [4.69, 9.17) is 0 Å². The zero-order valence-electron chi connectivity index (χ0n) is 13.7. The fraction of sp³-hybridized carbons (Fsp3) is 0.400. The quantitative estimate of drug-likeness (QED) is 0.635. The third-order valence-corrected chi connectivity index (χ3v) is 12.6. The molecule has 0 N–H and O–H groups in total. The van der Waals surface area contributed by atoms with Crippen molar-refractivity contribution in [2.24, 2.45) is 0 Å². The molecule has 0 aliphatic heterocycles. The molecule has 0 atom stereocenters. The van der Waals surface area contributed by atoms with Gasteiger partial charge in [-0.3, -0.25) is 0 Å². The number of hydrogen-bond acceptors (Lipinski definition) is 4. The van der Waals surface area contributed by atoms with Crippen LogP contribution in [0.25, 0.3) is 0 Å². The van der Waals surface area contributed by atoms with Gasteiger partial charge in [-0.05, 0) is 12.1 Å². The van der Waals surface area contributed by atoms with Crippen LogP contribution in [0.5, 0.6) is 0 Å². The minimum Gasteiger partial charge on any atom is -0.415 e. The van der Waals surface area contributed by atoms with Gasteiger partial charge in [-0.25, -0.2) is 4.98 Å². The van der Waals surface area contributed by atoms with Crippen molar-refractivity contribution in [1.29, 1.82) is 0 Å². The van der Waals surface area contributed by atoms with Crippen LogP contribution in [0.2, 0.25) is 39.3 Å². The van der Waals surface area contributed by atoms with Crippen LogP contribution >= 0.6 is 23.1 Å². The first-order chi connectivity index (χ1) is 9.68. The Kier molecular flexibility index (Phi) is 5.02. The van der Waals surface area contributed by atoms with Gasteiger partial charge in [0, 0.05) is 4.90 Å². The predicted molar refractivity (Wildman–Crippen MR) is 102 cm³/mol. The topological polar surface area (TPSA) is 16.1 Å². The van der Waals surface area contributed by atoms with Gasteiger partial charge in [-0.15, -0.1) is 0 Å². The van der Waals surface area contributed by atoms with E-state index in [0.717, 1.165) is 4.34 Å². The standard InChI is InChI=1S/C15H24N2S2Si2/c1-20(2,3)17(21(4,5)6)14-12-16-15(19-14)18-13-10-8-7-9-11-13/h7-12H,1-6H3. The van der Waals surface area contributed by atoms with E-state index in [9.17, 15) is 0 Å². The van der Waals surface area contributed by atoms with Gasteiger partial charge in [-0.2, -0.15) is 0 Å². The minimum absolute atomic E-state index is 1.14. The highest BCUT2D eigenvalue weighted by molar-refractivity contribution is 8.01. The predicted octanol–water partition coefficient (Wildman–Crippen LogP) is 5.77. The van der Waals surface area contributed by atoms with E-state index >= 15 is 0 Å². The largest absolute Gasteiger partial charge is 0.415 e. The van der Waals surface area contributed by atoms with Gasteiger partial charge < -0.3 is 4.23 Å². The maximum absolute atomic E-state index is 4.64. The van der Waals surface area contributed by atoms with E-state index in [1.807, 2.05) is 11.3 Å². The molecule has 0 bridgehead atoms. The smallest absolute Gasteiger partial charge is 0.156 e. The van der Waals surface area contributed by atoms with E-state index in [2.05, 4.69) is 85.0 Å². The van der Waals surface area contributed by atoms with Crippen LogP contribution in [0.4, 0.5) is 5.00 Å². The van der Waals surface area contributed by atoms with Crippen molar-refractivity contribution in [2.45, 2.75) is 48.5 Å². The van der Waals surface area contributed by atoms with Gasteiger partial charge in [0.15, 0.2) is 4.34 Å². The summed E-state index contributed by atoms with van der Waals surface area (Å²) in [6.45, 7) is 14.6. The molecule has 0 unspecified atom stereocenters. The normalized spacial score (nSPS) is 12.5. The molecule has 0 saturated heterocycles. The number of hydrogen-bond donors (Lipinski definition) is 0. The van der Waals surface area contributed by atoms with Crippen LogP contribution in [0.15, 0.2) is 45.8 Å². The molecule has 6 heteroatoms. The second kappa shape index (κ2) is 6.28. The van der Waals surface area contributed by atoms with E-state index in [1.54, 1.807) is 11.8 Å². The fourth-order valence-electron chi connectivity index (χ4n) is 2.66. The molecule has 2 aromatic rings. The molecule has 0 spiro atoms. The molecular weight excluding hydrogens is 328 g/mol. The molecule has 0 amide bonds. The maximum Gasteiger partial charge on any atom is 0.156 e. The van der Waals surface area contributed by atoms with Crippen LogP contribution < -0.4 is 4.23 Å². The van der Waals surface area contributed by atoms with Crippen molar-refractivity contribution in [3.8, 4) is 0 Å². The van der Waals surface area contributed by atoms with Crippen LogP contribution in [-0.2, 0) is 0 Å². The van der Waals surface area contributed by atoms with Crippen molar-refractivity contribution < 1.29 is 0 Å². The van der Waals surface area contributed by atoms with Crippen molar-refractivity contribution in [2.75, 3.05) is 4.23 Å². The summed E-state index contributed by atoms with van der Waals surface area (Å²) in [6.07, 6.45) is 2.08. The average molecular weight is 353 g/mol. The molecule has 0 aliphatic carbocycles. The Labute approximate surface area is 138 Å². The van der Waals surface area contributed by atoms with Crippen molar-refractivity contribution in [1.82, 2.24) is 4.98 Å². The Morgan fingerprint density at radius 2 is 1.52 bits per heavy atom. The van der Waals surface area contributed by atoms with Crippen molar-refractivity contribution >= 4 is 44.6 Å². The van der Waals surface area contributed by atoms with Crippen molar-refractivity contribution in [3.63, 3.8) is 0 Å². The van der Waals surface area contributed by atoms with E-state index in [1.165, 1.54) is 9.90 Å². The number of rotatable bonds is 5. The highest BCUT2D eigenvalue weighted by Gasteiger charge is 2.35. The zero-order valence-corrected chi connectivity index (χ0v) is 17.3. The summed E-state index contributed by atoms with van der Waals surface area (Å²) in [5.41, 5.74) is 0. The van der Waals surface area contributed by atoms with Crippen LogP contribution in [0.1, 0.15) is 0 Å². The molecule has 114 valence electrons. The SMILES string of the molecule is C[Si](C)(C)N(c1cnc(Sc2ccccc2)s1)[Si](C)(C)C. The molecule has 0 saturated carbocycles. The van der Waals surface area contributed by atoms with Crippen LogP contribution in [-0.4, -0.2) is 21.5 Å². The number of anilines is 1. The number of aromatic nitrogens is 1. The molecule has 2 rings (SSSR count). The molecule has 21 heavy (non-hydrogen) atoms. The molecule has 0 fully saturated rings. The van der Waals surface area contributed by atoms with E-state index < -0.39 is 16.5 Å². The third-order valence-electron chi connectivity index (χ3n) is 2.98. The second-order valence-corrected chi connectivity index (χ2v) is 19.4. The Morgan fingerprint density at radius 1 is 0.952 bits per heavy atom. The minimum atomic E-state index is -1.39. The van der Waals surface area contributed by atoms with E-state index in [-0.39, 0.29) is 0 Å². The van der Waals surface area contributed by atoms with Gasteiger partial charge in [0.25, 0.3) is 0 Å². The third kappa shape index (κ3) is 4.45. The Bertz CT molecular complexity index is 572. The highest BCUT2D eigenvalue weighted by Crippen LogP contribution is 2.38. The average Bonchev–Trinajstić information content (AvgIpc) is 2.74. The molecular formula is C15H24N2S2Si2. The lowest BCUT2D eigenvalue weighted by molar-refractivity contribution is 1.24. The van der Waals surface area contributed by atoms with Gasteiger partial charge >= 0.3 is 0 Å². The molecule has 2 nitrogen and oxygen atoms in total. The lowest BCUT2D eigenvalue weighted by Crippen LogP contribution is -2.59.